The molecule has 0 N–H and O–H groups in total. The summed E-state index contributed by atoms with van der Waals surface area (Å²) in [6, 6.07) is 0. The lowest BCUT2D eigenvalue weighted by Gasteiger charge is -2.23. The van der Waals surface area contributed by atoms with Gasteiger partial charge in [-0.25, -0.2) is 0 Å². The molecule has 0 saturated heterocycles. The lowest BCUT2D eigenvalue weighted by Crippen LogP contribution is -2.34. The summed E-state index contributed by atoms with van der Waals surface area (Å²) < 4.78 is 10.7. The Morgan fingerprint density at radius 3 is 1.43 bits per heavy atom. The minimum Gasteiger partial charge on any atom is -0.461 e. The first-order valence-corrected chi connectivity index (χ1v) is 22.3. The largest absolute Gasteiger partial charge is 0.461 e. The van der Waals surface area contributed by atoms with Gasteiger partial charge in [0.15, 0.2) is 0 Å². The number of rotatable bonds is 38. The van der Waals surface area contributed by atoms with Crippen LogP contribution in [-0.2, 0) is 23.9 Å². The number of unbranched alkanes of at least 4 members (excludes halogenated alkanes) is 16. The number of thioether (sulfide) groups is 1. The standard InChI is InChI=1S/C43H80N2O5S/c1-5-9-11-13-15-23-29-37-49-42(47)32-25-19-17-21-27-35-45(41(46)40-51-39-31-34-44(7-3)8-4)36-28-22-18-20-26-33-43(48)50-38-30-24-16-14-12-10-6-2/h23-24,29-30H,5-22,25-28,31-40H2,1-4H3. The zero-order valence-corrected chi connectivity index (χ0v) is 34.6. The van der Waals surface area contributed by atoms with Gasteiger partial charge in [-0.3, -0.25) is 14.4 Å². The number of nitrogens with zero attached hydrogens (tertiary/aromatic N) is 2. The molecule has 298 valence electrons. The predicted octanol–water partition coefficient (Wildman–Crippen LogP) is 11.1. The molecule has 7 nitrogen and oxygen atoms in total. The lowest BCUT2D eigenvalue weighted by atomic mass is 10.1. The van der Waals surface area contributed by atoms with E-state index in [-0.39, 0.29) is 17.8 Å². The number of esters is 2. The van der Waals surface area contributed by atoms with E-state index < -0.39 is 0 Å². The zero-order valence-electron chi connectivity index (χ0n) is 33.8. The van der Waals surface area contributed by atoms with Crippen molar-refractivity contribution in [2.24, 2.45) is 0 Å². The summed E-state index contributed by atoms with van der Waals surface area (Å²) in [6.45, 7) is 14.5. The van der Waals surface area contributed by atoms with Crippen molar-refractivity contribution in [1.82, 2.24) is 9.80 Å². The van der Waals surface area contributed by atoms with E-state index in [1.165, 1.54) is 51.4 Å². The van der Waals surface area contributed by atoms with E-state index in [2.05, 4.69) is 49.6 Å². The van der Waals surface area contributed by atoms with E-state index in [1.807, 2.05) is 12.2 Å². The Balaban J connectivity index is 4.27. The van der Waals surface area contributed by atoms with Crippen LogP contribution in [0.4, 0.5) is 0 Å². The van der Waals surface area contributed by atoms with Crippen LogP contribution in [0.2, 0.25) is 0 Å². The number of amides is 1. The van der Waals surface area contributed by atoms with Gasteiger partial charge in [0.25, 0.3) is 0 Å². The molecule has 1 amide bonds. The second kappa shape index (κ2) is 39.4. The predicted molar refractivity (Wildman–Crippen MR) is 219 cm³/mol. The van der Waals surface area contributed by atoms with Crippen molar-refractivity contribution in [3.8, 4) is 0 Å². The van der Waals surface area contributed by atoms with Crippen molar-refractivity contribution in [3.63, 3.8) is 0 Å². The Morgan fingerprint density at radius 2 is 0.961 bits per heavy atom. The fourth-order valence-electron chi connectivity index (χ4n) is 5.92. The van der Waals surface area contributed by atoms with E-state index in [1.54, 1.807) is 11.8 Å². The second-order valence-corrected chi connectivity index (χ2v) is 15.0. The summed E-state index contributed by atoms with van der Waals surface area (Å²) in [4.78, 5) is 41.8. The molecule has 0 aromatic carbocycles. The summed E-state index contributed by atoms with van der Waals surface area (Å²) in [6.07, 6.45) is 32.5. The quantitative estimate of drug-likeness (QED) is 0.0355. The Hall–Kier alpha value is -1.80. The highest BCUT2D eigenvalue weighted by Crippen LogP contribution is 2.13. The van der Waals surface area contributed by atoms with Gasteiger partial charge in [0.05, 0.1) is 5.75 Å². The van der Waals surface area contributed by atoms with E-state index >= 15 is 0 Å². The van der Waals surface area contributed by atoms with E-state index in [0.717, 1.165) is 122 Å². The molecule has 0 atom stereocenters. The fourth-order valence-corrected chi connectivity index (χ4v) is 6.76. The van der Waals surface area contributed by atoms with Crippen molar-refractivity contribution < 1.29 is 23.9 Å². The Labute approximate surface area is 319 Å². The minimum absolute atomic E-state index is 0.104. The van der Waals surface area contributed by atoms with Crippen LogP contribution in [0, 0.1) is 0 Å². The van der Waals surface area contributed by atoms with Crippen molar-refractivity contribution in [3.05, 3.63) is 24.3 Å². The van der Waals surface area contributed by atoms with Gasteiger partial charge in [0, 0.05) is 25.9 Å². The van der Waals surface area contributed by atoms with Gasteiger partial charge in [0.2, 0.25) is 5.91 Å². The molecule has 0 spiro atoms. The average Bonchev–Trinajstić information content (AvgIpc) is 3.13. The summed E-state index contributed by atoms with van der Waals surface area (Å²) in [5, 5.41) is 0. The molecule has 0 bridgehead atoms. The maximum atomic E-state index is 13.2. The number of ether oxygens (including phenoxy) is 2. The van der Waals surface area contributed by atoms with E-state index in [4.69, 9.17) is 9.47 Å². The molecule has 0 unspecified atom stereocenters. The van der Waals surface area contributed by atoms with Crippen molar-refractivity contribution in [1.29, 1.82) is 0 Å². The topological polar surface area (TPSA) is 76.1 Å². The SMILES string of the molecule is CCCCCCC=CCOC(=O)CCCCCCCN(CCCCCCCC(=O)OCC=CCCCCCC)C(=O)CSCCCN(CC)CC. The third kappa shape index (κ3) is 35.0. The van der Waals surface area contributed by atoms with Gasteiger partial charge in [-0.15, -0.1) is 0 Å². The maximum absolute atomic E-state index is 13.2. The van der Waals surface area contributed by atoms with Gasteiger partial charge in [-0.2, -0.15) is 11.8 Å². The number of carbonyl (C=O) groups excluding carboxylic acids is 3. The molecular weight excluding hydrogens is 657 g/mol. The van der Waals surface area contributed by atoms with Gasteiger partial charge >= 0.3 is 11.9 Å². The third-order valence-corrected chi connectivity index (χ3v) is 10.3. The zero-order chi connectivity index (χ0) is 37.5. The Morgan fingerprint density at radius 1 is 0.510 bits per heavy atom. The highest BCUT2D eigenvalue weighted by atomic mass is 32.2. The third-order valence-electron chi connectivity index (χ3n) is 9.32. The lowest BCUT2D eigenvalue weighted by molar-refractivity contribution is -0.143. The summed E-state index contributed by atoms with van der Waals surface area (Å²) in [5.74, 6) is 1.63. The van der Waals surface area contributed by atoms with Gasteiger partial charge in [-0.1, -0.05) is 129 Å². The van der Waals surface area contributed by atoms with Crippen molar-refractivity contribution >= 4 is 29.6 Å². The summed E-state index contributed by atoms with van der Waals surface area (Å²) in [5.41, 5.74) is 0. The molecule has 0 fully saturated rings. The molecule has 0 aliphatic heterocycles. The van der Waals surface area contributed by atoms with E-state index in [0.29, 0.717) is 31.8 Å². The summed E-state index contributed by atoms with van der Waals surface area (Å²) in [7, 11) is 0. The fraction of sp³-hybridized carbons (Fsp3) is 0.837. The molecule has 0 aliphatic carbocycles. The van der Waals surface area contributed by atoms with Crippen LogP contribution in [-0.4, -0.2) is 85.1 Å². The summed E-state index contributed by atoms with van der Waals surface area (Å²) >= 11 is 1.77. The Bertz CT molecular complexity index is 809. The monoisotopic (exact) mass is 737 g/mol. The molecule has 0 aliphatic rings. The first kappa shape index (κ1) is 49.2. The molecule has 51 heavy (non-hydrogen) atoms. The van der Waals surface area contributed by atoms with Crippen LogP contribution in [0.3, 0.4) is 0 Å². The molecule has 0 saturated carbocycles. The van der Waals surface area contributed by atoms with Gasteiger partial charge < -0.3 is 19.3 Å². The van der Waals surface area contributed by atoms with Crippen LogP contribution < -0.4 is 0 Å². The molecule has 8 heteroatoms. The van der Waals surface area contributed by atoms with E-state index in [9.17, 15) is 14.4 Å². The number of hydrogen-bond acceptors (Lipinski definition) is 7. The number of carbonyl (C=O) groups is 3. The minimum atomic E-state index is -0.104. The number of hydrogen-bond donors (Lipinski definition) is 0. The van der Waals surface area contributed by atoms with Crippen LogP contribution in [0.5, 0.6) is 0 Å². The molecular formula is C43H80N2O5S. The van der Waals surface area contributed by atoms with Crippen LogP contribution in [0.1, 0.15) is 175 Å². The van der Waals surface area contributed by atoms with Crippen molar-refractivity contribution in [2.45, 2.75) is 175 Å². The van der Waals surface area contributed by atoms with Crippen molar-refractivity contribution in [2.75, 3.05) is 57.4 Å². The first-order valence-electron chi connectivity index (χ1n) is 21.2. The van der Waals surface area contributed by atoms with Gasteiger partial charge in [0.1, 0.15) is 13.2 Å². The van der Waals surface area contributed by atoms with Gasteiger partial charge in [-0.05, 0) is 83.2 Å². The maximum Gasteiger partial charge on any atom is 0.306 e. The molecule has 0 rings (SSSR count). The van der Waals surface area contributed by atoms with Crippen LogP contribution in [0.25, 0.3) is 0 Å². The smallest absolute Gasteiger partial charge is 0.306 e. The molecule has 0 radical (unpaired) electrons. The normalized spacial score (nSPS) is 11.6. The Kier molecular flexibility index (Phi) is 38.0. The molecule has 0 aromatic heterocycles. The number of allylic oxidation sites excluding steroid dienone is 2. The molecule has 0 heterocycles. The van der Waals surface area contributed by atoms with Crippen LogP contribution >= 0.6 is 11.8 Å². The second-order valence-electron chi connectivity index (χ2n) is 13.9. The first-order chi connectivity index (χ1) is 25.0. The molecule has 0 aromatic rings. The highest BCUT2D eigenvalue weighted by molar-refractivity contribution is 7.99. The van der Waals surface area contributed by atoms with Crippen LogP contribution in [0.15, 0.2) is 24.3 Å². The average molecular weight is 737 g/mol. The highest BCUT2D eigenvalue weighted by Gasteiger charge is 2.13.